The van der Waals surface area contributed by atoms with Crippen molar-refractivity contribution in [3.8, 4) is 0 Å². The van der Waals surface area contributed by atoms with Crippen molar-refractivity contribution in [3.63, 3.8) is 0 Å². The Morgan fingerprint density at radius 1 is 1.36 bits per heavy atom. The summed E-state index contributed by atoms with van der Waals surface area (Å²) >= 11 is 0. The third-order valence-corrected chi connectivity index (χ3v) is 3.70. The molecular weight excluding hydrogens is 288 g/mol. The van der Waals surface area contributed by atoms with Crippen molar-refractivity contribution in [3.05, 3.63) is 34.4 Å². The molecule has 1 aliphatic heterocycles. The van der Waals surface area contributed by atoms with Crippen LogP contribution in [0.25, 0.3) is 0 Å². The second-order valence-electron chi connectivity index (χ2n) is 5.31. The summed E-state index contributed by atoms with van der Waals surface area (Å²) in [7, 11) is 0. The maximum Gasteiger partial charge on any atom is 0.271 e. The van der Waals surface area contributed by atoms with E-state index in [0.717, 1.165) is 0 Å². The summed E-state index contributed by atoms with van der Waals surface area (Å²) in [4.78, 5) is 35.2. The molecule has 22 heavy (non-hydrogen) atoms. The average molecular weight is 306 g/mol. The third-order valence-electron chi connectivity index (χ3n) is 3.70. The summed E-state index contributed by atoms with van der Waals surface area (Å²) < 4.78 is 0. The number of nitrogens with two attached hydrogens (primary N) is 1. The number of hydrogen-bond donors (Lipinski definition) is 2. The average Bonchev–Trinajstić information content (AvgIpc) is 2.47. The highest BCUT2D eigenvalue weighted by Crippen LogP contribution is 2.18. The number of amides is 2. The summed E-state index contributed by atoms with van der Waals surface area (Å²) in [6.45, 7) is 1.46. The van der Waals surface area contributed by atoms with Gasteiger partial charge in [-0.2, -0.15) is 0 Å². The van der Waals surface area contributed by atoms with Gasteiger partial charge in [0.2, 0.25) is 11.8 Å². The Hall–Kier alpha value is -2.48. The number of nitro groups is 1. The fourth-order valence-electron chi connectivity index (χ4n) is 2.48. The molecule has 2 amide bonds. The van der Waals surface area contributed by atoms with E-state index in [0.29, 0.717) is 31.6 Å². The van der Waals surface area contributed by atoms with Gasteiger partial charge in [-0.1, -0.05) is 6.07 Å². The van der Waals surface area contributed by atoms with Gasteiger partial charge in [0.25, 0.3) is 5.69 Å². The number of nitro benzene ring substituents is 1. The molecule has 0 saturated carbocycles. The number of anilines is 1. The van der Waals surface area contributed by atoms with Crippen molar-refractivity contribution in [2.45, 2.75) is 12.8 Å². The second-order valence-corrected chi connectivity index (χ2v) is 5.31. The summed E-state index contributed by atoms with van der Waals surface area (Å²) in [5.74, 6) is -0.644. The van der Waals surface area contributed by atoms with E-state index >= 15 is 0 Å². The van der Waals surface area contributed by atoms with Crippen molar-refractivity contribution in [2.75, 3.05) is 25.0 Å². The highest BCUT2D eigenvalue weighted by Gasteiger charge is 2.24. The molecule has 0 radical (unpaired) electrons. The summed E-state index contributed by atoms with van der Waals surface area (Å²) in [5.41, 5.74) is 5.59. The molecule has 1 heterocycles. The van der Waals surface area contributed by atoms with Gasteiger partial charge >= 0.3 is 0 Å². The van der Waals surface area contributed by atoms with Crippen LogP contribution in [0.15, 0.2) is 24.3 Å². The van der Waals surface area contributed by atoms with E-state index in [1.54, 1.807) is 6.07 Å². The van der Waals surface area contributed by atoms with E-state index in [2.05, 4.69) is 5.32 Å². The molecule has 1 saturated heterocycles. The Morgan fingerprint density at radius 3 is 2.64 bits per heavy atom. The highest BCUT2D eigenvalue weighted by molar-refractivity contribution is 5.92. The second kappa shape index (κ2) is 6.99. The number of primary amides is 1. The number of piperidine rings is 1. The van der Waals surface area contributed by atoms with E-state index in [4.69, 9.17) is 5.73 Å². The minimum absolute atomic E-state index is 0.0694. The first-order valence-corrected chi connectivity index (χ1v) is 7.01. The van der Waals surface area contributed by atoms with Crippen molar-refractivity contribution < 1.29 is 14.5 Å². The van der Waals surface area contributed by atoms with Gasteiger partial charge in [-0.25, -0.2) is 0 Å². The molecule has 0 bridgehead atoms. The number of carbonyl (C=O) groups excluding carboxylic acids is 2. The number of non-ortho nitro benzene ring substituents is 1. The lowest BCUT2D eigenvalue weighted by Gasteiger charge is -2.29. The van der Waals surface area contributed by atoms with Gasteiger partial charge < -0.3 is 11.1 Å². The van der Waals surface area contributed by atoms with Crippen LogP contribution in [0.5, 0.6) is 0 Å². The Bertz CT molecular complexity index is 582. The van der Waals surface area contributed by atoms with Gasteiger partial charge in [0.1, 0.15) is 0 Å². The number of hydrogen-bond acceptors (Lipinski definition) is 5. The molecule has 1 aromatic rings. The van der Waals surface area contributed by atoms with Crippen LogP contribution in [0.3, 0.4) is 0 Å². The third kappa shape index (κ3) is 4.26. The number of nitrogens with zero attached hydrogens (tertiary/aromatic N) is 2. The van der Waals surface area contributed by atoms with Crippen molar-refractivity contribution >= 4 is 23.2 Å². The molecule has 0 spiro atoms. The first-order chi connectivity index (χ1) is 10.5. The monoisotopic (exact) mass is 306 g/mol. The SMILES string of the molecule is NC(=O)C1CCN(CC(=O)Nc2cccc([N+](=O)[O-])c2)CC1. The van der Waals surface area contributed by atoms with Gasteiger partial charge in [0.15, 0.2) is 0 Å². The van der Waals surface area contributed by atoms with Gasteiger partial charge in [-0.15, -0.1) is 0 Å². The minimum atomic E-state index is -0.510. The molecule has 8 heteroatoms. The van der Waals surface area contributed by atoms with Crippen LogP contribution in [-0.4, -0.2) is 41.3 Å². The Balaban J connectivity index is 1.85. The normalized spacial score (nSPS) is 16.2. The predicted octanol–water partition coefficient (Wildman–Crippen LogP) is 0.731. The molecular formula is C14H18N4O4. The molecule has 0 unspecified atom stereocenters. The number of nitrogens with one attached hydrogen (secondary N) is 1. The van der Waals surface area contributed by atoms with Crippen molar-refractivity contribution in [2.24, 2.45) is 11.7 Å². The Kier molecular flexibility index (Phi) is 5.05. The number of benzene rings is 1. The van der Waals surface area contributed by atoms with Crippen LogP contribution >= 0.6 is 0 Å². The topological polar surface area (TPSA) is 119 Å². The van der Waals surface area contributed by atoms with E-state index in [-0.39, 0.29) is 30.0 Å². The highest BCUT2D eigenvalue weighted by atomic mass is 16.6. The van der Waals surface area contributed by atoms with Gasteiger partial charge in [0, 0.05) is 23.7 Å². The standard InChI is InChI=1S/C14H18N4O4/c15-14(20)10-4-6-17(7-5-10)9-13(19)16-11-2-1-3-12(8-11)18(21)22/h1-3,8,10H,4-7,9H2,(H2,15,20)(H,16,19). The molecule has 2 rings (SSSR count). The number of likely N-dealkylation sites (tertiary alicyclic amines) is 1. The van der Waals surface area contributed by atoms with E-state index in [1.807, 2.05) is 4.90 Å². The van der Waals surface area contributed by atoms with E-state index in [9.17, 15) is 19.7 Å². The Labute approximate surface area is 127 Å². The van der Waals surface area contributed by atoms with Crippen molar-refractivity contribution in [1.29, 1.82) is 0 Å². The summed E-state index contributed by atoms with van der Waals surface area (Å²) in [6.07, 6.45) is 1.30. The van der Waals surface area contributed by atoms with Crippen LogP contribution in [0, 0.1) is 16.0 Å². The van der Waals surface area contributed by atoms with Crippen LogP contribution in [0.4, 0.5) is 11.4 Å². The van der Waals surface area contributed by atoms with Crippen LogP contribution in [0.1, 0.15) is 12.8 Å². The minimum Gasteiger partial charge on any atom is -0.369 e. The zero-order chi connectivity index (χ0) is 16.1. The van der Waals surface area contributed by atoms with Crippen LogP contribution in [-0.2, 0) is 9.59 Å². The molecule has 0 aliphatic carbocycles. The van der Waals surface area contributed by atoms with E-state index < -0.39 is 4.92 Å². The lowest BCUT2D eigenvalue weighted by atomic mass is 9.96. The summed E-state index contributed by atoms with van der Waals surface area (Å²) in [5, 5.41) is 13.3. The number of rotatable bonds is 5. The van der Waals surface area contributed by atoms with Gasteiger partial charge in [-0.3, -0.25) is 24.6 Å². The molecule has 0 atom stereocenters. The molecule has 118 valence electrons. The zero-order valence-electron chi connectivity index (χ0n) is 12.0. The van der Waals surface area contributed by atoms with Gasteiger partial charge in [-0.05, 0) is 32.0 Å². The largest absolute Gasteiger partial charge is 0.369 e. The van der Waals surface area contributed by atoms with Crippen LogP contribution in [0.2, 0.25) is 0 Å². The molecule has 1 aromatic carbocycles. The van der Waals surface area contributed by atoms with Crippen LogP contribution < -0.4 is 11.1 Å². The van der Waals surface area contributed by atoms with E-state index in [1.165, 1.54) is 18.2 Å². The first-order valence-electron chi connectivity index (χ1n) is 7.01. The van der Waals surface area contributed by atoms with Crippen molar-refractivity contribution in [1.82, 2.24) is 4.90 Å². The molecule has 3 N–H and O–H groups in total. The van der Waals surface area contributed by atoms with Gasteiger partial charge in [0.05, 0.1) is 11.5 Å². The molecule has 1 fully saturated rings. The summed E-state index contributed by atoms with van der Waals surface area (Å²) in [6, 6.07) is 5.80. The fraction of sp³-hybridized carbons (Fsp3) is 0.429. The quantitative estimate of drug-likeness (QED) is 0.614. The zero-order valence-corrected chi connectivity index (χ0v) is 12.0. The predicted molar refractivity (Wildman–Crippen MR) is 80.1 cm³/mol. The maximum absolute atomic E-state index is 12.0. The first kappa shape index (κ1) is 15.9. The lowest BCUT2D eigenvalue weighted by Crippen LogP contribution is -2.42. The molecule has 8 nitrogen and oxygen atoms in total. The number of carbonyl (C=O) groups is 2. The molecule has 1 aliphatic rings. The lowest BCUT2D eigenvalue weighted by molar-refractivity contribution is -0.384. The smallest absolute Gasteiger partial charge is 0.271 e. The maximum atomic E-state index is 12.0. The fourth-order valence-corrected chi connectivity index (χ4v) is 2.48. The Morgan fingerprint density at radius 2 is 2.05 bits per heavy atom. The molecule has 0 aromatic heterocycles.